The number of hydrogen-bond acceptors (Lipinski definition) is 2. The van der Waals surface area contributed by atoms with Crippen LogP contribution in [0.2, 0.25) is 0 Å². The van der Waals surface area contributed by atoms with Crippen LogP contribution < -0.4 is 0 Å². The topological polar surface area (TPSA) is 49.7 Å². The Hall–Kier alpha value is -2.42. The second-order valence-corrected chi connectivity index (χ2v) is 5.92. The number of amides is 1. The van der Waals surface area contributed by atoms with E-state index in [2.05, 4.69) is 4.99 Å². The maximum absolute atomic E-state index is 11.9. The van der Waals surface area contributed by atoms with Gasteiger partial charge in [0.15, 0.2) is 0 Å². The van der Waals surface area contributed by atoms with Gasteiger partial charge in [0, 0.05) is 17.3 Å². The van der Waals surface area contributed by atoms with Gasteiger partial charge in [0.25, 0.3) is 5.91 Å². The van der Waals surface area contributed by atoms with Crippen LogP contribution in [0.25, 0.3) is 0 Å². The van der Waals surface area contributed by atoms with Gasteiger partial charge in [0.1, 0.15) is 5.75 Å². The first-order valence-corrected chi connectivity index (χ1v) is 6.85. The van der Waals surface area contributed by atoms with Gasteiger partial charge in [0.05, 0.1) is 0 Å². The SMILES string of the molecule is CC(C)(C)c1cccc(C=NC(=O)c2ccccc2)c1O. The van der Waals surface area contributed by atoms with E-state index >= 15 is 0 Å². The first-order valence-electron chi connectivity index (χ1n) is 6.85. The van der Waals surface area contributed by atoms with E-state index < -0.39 is 0 Å². The van der Waals surface area contributed by atoms with Crippen molar-refractivity contribution in [3.63, 3.8) is 0 Å². The summed E-state index contributed by atoms with van der Waals surface area (Å²) in [5.41, 5.74) is 1.74. The second kappa shape index (κ2) is 5.92. The molecule has 0 spiro atoms. The molecule has 21 heavy (non-hydrogen) atoms. The Morgan fingerprint density at radius 2 is 1.71 bits per heavy atom. The Labute approximate surface area is 125 Å². The molecule has 0 aromatic heterocycles. The Balaban J connectivity index is 2.28. The fraction of sp³-hybridized carbons (Fsp3) is 0.222. The number of benzene rings is 2. The van der Waals surface area contributed by atoms with Gasteiger partial charge in [-0.3, -0.25) is 4.79 Å². The zero-order chi connectivity index (χ0) is 15.5. The predicted octanol–water partition coefficient (Wildman–Crippen LogP) is 3.95. The van der Waals surface area contributed by atoms with Gasteiger partial charge in [-0.2, -0.15) is 0 Å². The summed E-state index contributed by atoms with van der Waals surface area (Å²) in [4.78, 5) is 15.9. The van der Waals surface area contributed by atoms with Gasteiger partial charge in [-0.25, -0.2) is 4.99 Å². The Kier molecular flexibility index (Phi) is 4.22. The Morgan fingerprint density at radius 3 is 2.33 bits per heavy atom. The lowest BCUT2D eigenvalue weighted by molar-refractivity contribution is 0.100. The lowest BCUT2D eigenvalue weighted by atomic mass is 9.85. The van der Waals surface area contributed by atoms with Gasteiger partial charge >= 0.3 is 0 Å². The third kappa shape index (κ3) is 3.57. The van der Waals surface area contributed by atoms with Crippen molar-refractivity contribution >= 4 is 12.1 Å². The molecule has 0 radical (unpaired) electrons. The number of para-hydroxylation sites is 1. The lowest BCUT2D eigenvalue weighted by Crippen LogP contribution is -2.11. The third-order valence-electron chi connectivity index (χ3n) is 3.22. The van der Waals surface area contributed by atoms with Gasteiger partial charge in [-0.05, 0) is 29.2 Å². The molecule has 0 bridgehead atoms. The van der Waals surface area contributed by atoms with Crippen molar-refractivity contribution in [2.24, 2.45) is 4.99 Å². The standard InChI is InChI=1S/C18H19NO2/c1-18(2,3)15-11-7-10-14(16(15)20)12-19-17(21)13-8-5-4-6-9-13/h4-12,20H,1-3H3. The highest BCUT2D eigenvalue weighted by atomic mass is 16.3. The molecule has 0 aliphatic rings. The highest BCUT2D eigenvalue weighted by molar-refractivity contribution is 6.02. The number of phenolic OH excluding ortho intramolecular Hbond substituents is 1. The molecular formula is C18H19NO2. The first-order chi connectivity index (χ1) is 9.89. The van der Waals surface area contributed by atoms with E-state index in [9.17, 15) is 9.90 Å². The summed E-state index contributed by atoms with van der Waals surface area (Å²) in [6.07, 6.45) is 1.42. The van der Waals surface area contributed by atoms with Crippen LogP contribution in [-0.2, 0) is 5.41 Å². The van der Waals surface area contributed by atoms with Crippen molar-refractivity contribution in [3.05, 3.63) is 65.2 Å². The molecule has 3 heteroatoms. The van der Waals surface area contributed by atoms with Crippen molar-refractivity contribution in [3.8, 4) is 5.75 Å². The molecule has 0 saturated heterocycles. The summed E-state index contributed by atoms with van der Waals surface area (Å²) >= 11 is 0. The molecule has 0 saturated carbocycles. The average Bonchev–Trinajstić information content (AvgIpc) is 2.45. The van der Waals surface area contributed by atoms with E-state index in [0.29, 0.717) is 11.1 Å². The zero-order valence-corrected chi connectivity index (χ0v) is 12.5. The minimum atomic E-state index is -0.323. The molecule has 0 aliphatic heterocycles. The van der Waals surface area contributed by atoms with Crippen molar-refractivity contribution in [1.82, 2.24) is 0 Å². The molecule has 1 amide bonds. The maximum Gasteiger partial charge on any atom is 0.276 e. The molecular weight excluding hydrogens is 262 g/mol. The molecule has 0 unspecified atom stereocenters. The van der Waals surface area contributed by atoms with Crippen molar-refractivity contribution in [1.29, 1.82) is 0 Å². The summed E-state index contributed by atoms with van der Waals surface area (Å²) in [6.45, 7) is 6.08. The summed E-state index contributed by atoms with van der Waals surface area (Å²) < 4.78 is 0. The number of phenols is 1. The fourth-order valence-corrected chi connectivity index (χ4v) is 2.05. The quantitative estimate of drug-likeness (QED) is 0.847. The molecule has 0 fully saturated rings. The monoisotopic (exact) mass is 281 g/mol. The number of carbonyl (C=O) groups excluding carboxylic acids is 1. The number of aliphatic imine (C=N–C) groups is 1. The van der Waals surface area contributed by atoms with E-state index in [4.69, 9.17) is 0 Å². The van der Waals surface area contributed by atoms with Gasteiger partial charge in [0.2, 0.25) is 0 Å². The molecule has 2 aromatic carbocycles. The van der Waals surface area contributed by atoms with E-state index in [1.54, 1.807) is 30.3 Å². The van der Waals surface area contributed by atoms with E-state index in [0.717, 1.165) is 5.56 Å². The summed E-state index contributed by atoms with van der Waals surface area (Å²) in [5.74, 6) is -0.147. The van der Waals surface area contributed by atoms with Crippen LogP contribution in [0.3, 0.4) is 0 Å². The van der Waals surface area contributed by atoms with Crippen LogP contribution in [0.5, 0.6) is 5.75 Å². The van der Waals surface area contributed by atoms with E-state index in [-0.39, 0.29) is 17.1 Å². The molecule has 2 rings (SSSR count). The largest absolute Gasteiger partial charge is 0.507 e. The Morgan fingerprint density at radius 1 is 1.05 bits per heavy atom. The summed E-state index contributed by atoms with van der Waals surface area (Å²) in [7, 11) is 0. The van der Waals surface area contributed by atoms with Crippen LogP contribution in [0, 0.1) is 0 Å². The maximum atomic E-state index is 11.9. The van der Waals surface area contributed by atoms with Gasteiger partial charge in [-0.15, -0.1) is 0 Å². The number of hydrogen-bond donors (Lipinski definition) is 1. The van der Waals surface area contributed by atoms with E-state index in [1.807, 2.05) is 39.0 Å². The number of nitrogens with zero attached hydrogens (tertiary/aromatic N) is 1. The summed E-state index contributed by atoms with van der Waals surface area (Å²) in [5, 5.41) is 10.3. The molecule has 108 valence electrons. The highest BCUT2D eigenvalue weighted by Crippen LogP contribution is 2.32. The van der Waals surface area contributed by atoms with Crippen molar-refractivity contribution in [2.75, 3.05) is 0 Å². The van der Waals surface area contributed by atoms with Crippen molar-refractivity contribution < 1.29 is 9.90 Å². The van der Waals surface area contributed by atoms with Crippen LogP contribution in [0.15, 0.2) is 53.5 Å². The molecule has 0 atom stereocenters. The van der Waals surface area contributed by atoms with Crippen molar-refractivity contribution in [2.45, 2.75) is 26.2 Å². The average molecular weight is 281 g/mol. The summed E-state index contributed by atoms with van der Waals surface area (Å²) in [6, 6.07) is 14.3. The van der Waals surface area contributed by atoms with Crippen LogP contribution in [-0.4, -0.2) is 17.2 Å². The minimum Gasteiger partial charge on any atom is -0.507 e. The zero-order valence-electron chi connectivity index (χ0n) is 12.5. The van der Waals surface area contributed by atoms with Gasteiger partial charge < -0.3 is 5.11 Å². The van der Waals surface area contributed by atoms with Crippen LogP contribution in [0.4, 0.5) is 0 Å². The number of carbonyl (C=O) groups is 1. The second-order valence-electron chi connectivity index (χ2n) is 5.92. The first kappa shape index (κ1) is 15.0. The smallest absolute Gasteiger partial charge is 0.276 e. The predicted molar refractivity (Wildman–Crippen MR) is 85.2 cm³/mol. The fourth-order valence-electron chi connectivity index (χ4n) is 2.05. The van der Waals surface area contributed by atoms with Crippen LogP contribution >= 0.6 is 0 Å². The highest BCUT2D eigenvalue weighted by Gasteiger charge is 2.19. The minimum absolute atomic E-state index is 0.169. The van der Waals surface area contributed by atoms with Gasteiger partial charge in [-0.1, -0.05) is 51.1 Å². The lowest BCUT2D eigenvalue weighted by Gasteiger charge is -2.21. The molecule has 3 nitrogen and oxygen atoms in total. The molecule has 2 aromatic rings. The van der Waals surface area contributed by atoms with Crippen LogP contribution in [0.1, 0.15) is 42.3 Å². The Bertz CT molecular complexity index is 667. The number of aromatic hydroxyl groups is 1. The third-order valence-corrected chi connectivity index (χ3v) is 3.22. The number of rotatable bonds is 2. The molecule has 0 heterocycles. The molecule has 1 N–H and O–H groups in total. The normalized spacial score (nSPS) is 11.8. The molecule has 0 aliphatic carbocycles. The van der Waals surface area contributed by atoms with E-state index in [1.165, 1.54) is 6.21 Å².